The molecule has 0 aliphatic heterocycles. The Balaban J connectivity index is 3.09. The molecule has 0 saturated heterocycles. The first-order chi connectivity index (χ1) is 5.11. The number of aryl methyl sites for hydroxylation is 1. The first-order valence-corrected chi connectivity index (χ1v) is 4.04. The van der Waals surface area contributed by atoms with E-state index in [2.05, 4.69) is 39.7 Å². The summed E-state index contributed by atoms with van der Waals surface area (Å²) >= 11 is 0. The van der Waals surface area contributed by atoms with E-state index in [9.17, 15) is 0 Å². The van der Waals surface area contributed by atoms with E-state index in [0.717, 1.165) is 0 Å². The molecule has 0 atom stereocenters. The highest BCUT2D eigenvalue weighted by Crippen LogP contribution is 2.07. The number of hydrogen-bond donors (Lipinski definition) is 0. The highest BCUT2D eigenvalue weighted by Gasteiger charge is 2.03. The number of hydrogen-bond acceptors (Lipinski definition) is 1. The lowest BCUT2D eigenvalue weighted by molar-refractivity contribution is 0.829. The van der Waals surface area contributed by atoms with Gasteiger partial charge in [0.15, 0.2) is 0 Å². The Bertz CT molecular complexity index is 256. The second kappa shape index (κ2) is 3.08. The van der Waals surface area contributed by atoms with E-state index < -0.39 is 0 Å². The van der Waals surface area contributed by atoms with Crippen molar-refractivity contribution < 1.29 is 0 Å². The molecule has 0 aromatic carbocycles. The molecule has 58 valence electrons. The molecule has 1 aromatic heterocycles. The smallest absolute Gasteiger partial charge is 0.141 e. The fourth-order valence-electron chi connectivity index (χ4n) is 1.33. The quantitative estimate of drug-likeness (QED) is 0.534. The van der Waals surface area contributed by atoms with Crippen molar-refractivity contribution in [3.63, 3.8) is 0 Å². The normalized spacial score (nSPS) is 10.5. The molecule has 0 saturated carbocycles. The SMILES string of the molecule is Bc1cc(C)cnc1C(C)C. The standard InChI is InChI=1S/C9H14BN/c1-6(2)9-8(10)4-7(3)5-11-9/h4-6H,10H2,1-3H3. The van der Waals surface area contributed by atoms with Crippen LogP contribution in [0.4, 0.5) is 0 Å². The molecule has 2 heteroatoms. The lowest BCUT2D eigenvalue weighted by atomic mass is 9.89. The minimum atomic E-state index is 0.538. The molecule has 0 N–H and O–H groups in total. The van der Waals surface area contributed by atoms with Gasteiger partial charge in [-0.3, -0.25) is 4.98 Å². The molecular weight excluding hydrogens is 133 g/mol. The van der Waals surface area contributed by atoms with Gasteiger partial charge in [0.1, 0.15) is 7.85 Å². The van der Waals surface area contributed by atoms with E-state index in [4.69, 9.17) is 0 Å². The van der Waals surface area contributed by atoms with Crippen LogP contribution in [0.25, 0.3) is 0 Å². The molecule has 0 spiro atoms. The molecule has 0 radical (unpaired) electrons. The highest BCUT2D eigenvalue weighted by molar-refractivity contribution is 6.33. The second-order valence-corrected chi connectivity index (χ2v) is 3.37. The van der Waals surface area contributed by atoms with Crippen molar-refractivity contribution in [2.24, 2.45) is 0 Å². The van der Waals surface area contributed by atoms with Crippen LogP contribution in [0.5, 0.6) is 0 Å². The number of pyridine rings is 1. The summed E-state index contributed by atoms with van der Waals surface area (Å²) < 4.78 is 0. The zero-order valence-electron chi connectivity index (χ0n) is 7.68. The van der Waals surface area contributed by atoms with E-state index in [1.54, 1.807) is 0 Å². The van der Waals surface area contributed by atoms with Crippen molar-refractivity contribution >= 4 is 13.3 Å². The van der Waals surface area contributed by atoms with Crippen molar-refractivity contribution in [3.05, 3.63) is 23.5 Å². The summed E-state index contributed by atoms with van der Waals surface area (Å²) in [6.45, 7) is 6.42. The molecule has 0 unspecified atom stereocenters. The third kappa shape index (κ3) is 1.82. The van der Waals surface area contributed by atoms with Crippen molar-refractivity contribution in [1.82, 2.24) is 4.98 Å². The number of nitrogens with zero attached hydrogens (tertiary/aromatic N) is 1. The fourth-order valence-corrected chi connectivity index (χ4v) is 1.33. The summed E-state index contributed by atoms with van der Waals surface area (Å²) in [5.74, 6) is 0.538. The van der Waals surface area contributed by atoms with Gasteiger partial charge in [0, 0.05) is 11.9 Å². The van der Waals surface area contributed by atoms with Crippen LogP contribution in [0.15, 0.2) is 12.3 Å². The Labute approximate surface area is 69.3 Å². The van der Waals surface area contributed by atoms with E-state index in [1.807, 2.05) is 6.20 Å². The van der Waals surface area contributed by atoms with Crippen LogP contribution in [-0.2, 0) is 0 Å². The van der Waals surface area contributed by atoms with Crippen molar-refractivity contribution in [2.75, 3.05) is 0 Å². The molecule has 1 rings (SSSR count). The van der Waals surface area contributed by atoms with Crippen LogP contribution in [0.2, 0.25) is 0 Å². The molecule has 1 heterocycles. The van der Waals surface area contributed by atoms with E-state index in [-0.39, 0.29) is 0 Å². The van der Waals surface area contributed by atoms with Crippen molar-refractivity contribution in [2.45, 2.75) is 26.7 Å². The van der Waals surface area contributed by atoms with Gasteiger partial charge in [-0.05, 0) is 18.4 Å². The third-order valence-electron chi connectivity index (χ3n) is 1.80. The van der Waals surface area contributed by atoms with Gasteiger partial charge >= 0.3 is 0 Å². The maximum Gasteiger partial charge on any atom is 0.141 e. The van der Waals surface area contributed by atoms with Crippen LogP contribution in [0.3, 0.4) is 0 Å². The van der Waals surface area contributed by atoms with Gasteiger partial charge in [0.2, 0.25) is 0 Å². The summed E-state index contributed by atoms with van der Waals surface area (Å²) in [6, 6.07) is 2.18. The Morgan fingerprint density at radius 1 is 1.45 bits per heavy atom. The lowest BCUT2D eigenvalue weighted by Crippen LogP contribution is -2.14. The molecule has 1 aromatic rings. The van der Waals surface area contributed by atoms with Crippen LogP contribution < -0.4 is 5.46 Å². The van der Waals surface area contributed by atoms with Crippen LogP contribution in [-0.4, -0.2) is 12.8 Å². The molecule has 0 fully saturated rings. The van der Waals surface area contributed by atoms with E-state index in [1.165, 1.54) is 16.7 Å². The summed E-state index contributed by atoms with van der Waals surface area (Å²) in [4.78, 5) is 4.38. The van der Waals surface area contributed by atoms with Crippen molar-refractivity contribution in [3.8, 4) is 0 Å². The van der Waals surface area contributed by atoms with Crippen LogP contribution in [0, 0.1) is 6.92 Å². The summed E-state index contributed by atoms with van der Waals surface area (Å²) in [5.41, 5.74) is 3.77. The molecule has 1 nitrogen and oxygen atoms in total. The largest absolute Gasteiger partial charge is 0.261 e. The summed E-state index contributed by atoms with van der Waals surface area (Å²) in [5, 5.41) is 0. The molecule has 0 bridgehead atoms. The Morgan fingerprint density at radius 3 is 2.55 bits per heavy atom. The predicted octanol–water partition coefficient (Wildman–Crippen LogP) is 0.772. The van der Waals surface area contributed by atoms with Crippen LogP contribution in [0.1, 0.15) is 31.0 Å². The minimum absolute atomic E-state index is 0.538. The average Bonchev–Trinajstić information content (AvgIpc) is 1.85. The Morgan fingerprint density at radius 2 is 2.09 bits per heavy atom. The first-order valence-electron chi connectivity index (χ1n) is 4.04. The first kappa shape index (κ1) is 8.31. The minimum Gasteiger partial charge on any atom is -0.261 e. The summed E-state index contributed by atoms with van der Waals surface area (Å²) in [6.07, 6.45) is 1.93. The van der Waals surface area contributed by atoms with Gasteiger partial charge in [-0.15, -0.1) is 0 Å². The van der Waals surface area contributed by atoms with E-state index in [0.29, 0.717) is 5.92 Å². The van der Waals surface area contributed by atoms with Gasteiger partial charge < -0.3 is 0 Å². The van der Waals surface area contributed by atoms with E-state index >= 15 is 0 Å². The zero-order valence-corrected chi connectivity index (χ0v) is 7.68. The summed E-state index contributed by atoms with van der Waals surface area (Å²) in [7, 11) is 2.12. The maximum absolute atomic E-state index is 4.38. The van der Waals surface area contributed by atoms with Gasteiger partial charge in [0.05, 0.1) is 0 Å². The van der Waals surface area contributed by atoms with Gasteiger partial charge in [-0.25, -0.2) is 0 Å². The van der Waals surface area contributed by atoms with Crippen LogP contribution >= 0.6 is 0 Å². The van der Waals surface area contributed by atoms with Gasteiger partial charge in [0.25, 0.3) is 0 Å². The lowest BCUT2D eigenvalue weighted by Gasteiger charge is -2.08. The molecule has 11 heavy (non-hydrogen) atoms. The fraction of sp³-hybridized carbons (Fsp3) is 0.444. The Hall–Kier alpha value is -0.785. The predicted molar refractivity (Wildman–Crippen MR) is 51.2 cm³/mol. The molecule has 0 aliphatic carbocycles. The molecule has 0 aliphatic rings. The van der Waals surface area contributed by atoms with Gasteiger partial charge in [-0.2, -0.15) is 0 Å². The maximum atomic E-state index is 4.38. The van der Waals surface area contributed by atoms with Crippen molar-refractivity contribution in [1.29, 1.82) is 0 Å². The zero-order chi connectivity index (χ0) is 8.43. The topological polar surface area (TPSA) is 12.9 Å². The molecular formula is C9H14BN. The van der Waals surface area contributed by atoms with Gasteiger partial charge in [-0.1, -0.05) is 25.4 Å². The monoisotopic (exact) mass is 147 g/mol. The average molecular weight is 147 g/mol. The molecule has 0 amide bonds. The second-order valence-electron chi connectivity index (χ2n) is 3.37. The Kier molecular flexibility index (Phi) is 2.33. The third-order valence-corrected chi connectivity index (χ3v) is 1.80. The number of aromatic nitrogens is 1. The highest BCUT2D eigenvalue weighted by atomic mass is 14.7. The number of rotatable bonds is 1.